The van der Waals surface area contributed by atoms with E-state index in [0.29, 0.717) is 0 Å². The van der Waals surface area contributed by atoms with Crippen LogP contribution in [0.3, 0.4) is 0 Å². The van der Waals surface area contributed by atoms with Crippen molar-refractivity contribution in [2.24, 2.45) is 0 Å². The van der Waals surface area contributed by atoms with Crippen molar-refractivity contribution >= 4 is 11.4 Å². The molecule has 2 heterocycles. The van der Waals surface area contributed by atoms with Crippen molar-refractivity contribution in [2.75, 3.05) is 11.4 Å². The van der Waals surface area contributed by atoms with Crippen LogP contribution in [0.5, 0.6) is 0 Å². The van der Waals surface area contributed by atoms with Gasteiger partial charge in [0.05, 0.1) is 23.1 Å². The zero-order valence-corrected chi connectivity index (χ0v) is 13.7. The second-order valence-corrected chi connectivity index (χ2v) is 6.28. The topological polar surface area (TPSA) is 34.0 Å². The Bertz CT molecular complexity index is 848. The van der Waals surface area contributed by atoms with Gasteiger partial charge < -0.3 is 4.90 Å². The monoisotopic (exact) mass is 304 g/mol. The molecule has 1 aliphatic rings. The Labute approximate surface area is 136 Å². The van der Waals surface area contributed by atoms with E-state index in [1.165, 1.54) is 22.5 Å². The van der Waals surface area contributed by atoms with Gasteiger partial charge in [0.1, 0.15) is 0 Å². The minimum Gasteiger partial charge on any atom is -0.339 e. The first-order valence-electron chi connectivity index (χ1n) is 8.00. The Hall–Kier alpha value is -2.62. The van der Waals surface area contributed by atoms with E-state index in [4.69, 9.17) is 0 Å². The molecule has 1 aliphatic heterocycles. The number of benzene rings is 2. The number of fused-ring (bicyclic) bond motifs is 3. The van der Waals surface area contributed by atoms with Crippen LogP contribution in [0, 0.1) is 13.8 Å². The van der Waals surface area contributed by atoms with Crippen LogP contribution in [0.2, 0.25) is 0 Å². The number of aromatic nitrogens is 3. The summed E-state index contributed by atoms with van der Waals surface area (Å²) >= 11 is 0. The molecule has 4 rings (SSSR count). The first-order valence-corrected chi connectivity index (χ1v) is 8.00. The average molecular weight is 304 g/mol. The fourth-order valence-electron chi connectivity index (χ4n) is 3.32. The zero-order valence-electron chi connectivity index (χ0n) is 13.7. The third-order valence-corrected chi connectivity index (χ3v) is 4.52. The smallest absolute Gasteiger partial charge is 0.0939 e. The molecule has 4 nitrogen and oxygen atoms in total. The molecule has 0 aliphatic carbocycles. The van der Waals surface area contributed by atoms with Gasteiger partial charge in [-0.25, -0.2) is 4.68 Å². The molecular formula is C19H20N4. The molecular weight excluding hydrogens is 284 g/mol. The summed E-state index contributed by atoms with van der Waals surface area (Å²) in [6, 6.07) is 17.5. The fourth-order valence-corrected chi connectivity index (χ4v) is 3.32. The Kier molecular flexibility index (Phi) is 3.18. The van der Waals surface area contributed by atoms with E-state index in [9.17, 15) is 0 Å². The van der Waals surface area contributed by atoms with E-state index in [-0.39, 0.29) is 6.04 Å². The summed E-state index contributed by atoms with van der Waals surface area (Å²) in [6.07, 6.45) is 0. The summed E-state index contributed by atoms with van der Waals surface area (Å²) in [5.41, 5.74) is 7.01. The highest BCUT2D eigenvalue weighted by Crippen LogP contribution is 2.40. The van der Waals surface area contributed by atoms with Gasteiger partial charge in [-0.1, -0.05) is 41.1 Å². The normalized spacial score (nSPS) is 16.7. The van der Waals surface area contributed by atoms with Crippen LogP contribution < -0.4 is 4.90 Å². The third kappa shape index (κ3) is 2.22. The van der Waals surface area contributed by atoms with Gasteiger partial charge in [0, 0.05) is 17.8 Å². The molecule has 0 saturated carbocycles. The van der Waals surface area contributed by atoms with Crippen LogP contribution in [0.4, 0.5) is 11.4 Å². The summed E-state index contributed by atoms with van der Waals surface area (Å²) in [5, 5.41) is 8.67. The Morgan fingerprint density at radius 2 is 1.74 bits per heavy atom. The highest BCUT2D eigenvalue weighted by atomic mass is 15.5. The van der Waals surface area contributed by atoms with Gasteiger partial charge in [-0.05, 0) is 39.0 Å². The van der Waals surface area contributed by atoms with E-state index >= 15 is 0 Å². The third-order valence-electron chi connectivity index (χ3n) is 4.52. The Morgan fingerprint density at radius 1 is 1.00 bits per heavy atom. The van der Waals surface area contributed by atoms with Gasteiger partial charge in [0.2, 0.25) is 0 Å². The number of hydrogen-bond acceptors (Lipinski definition) is 3. The molecule has 1 aromatic heterocycles. The number of aryl methyl sites for hydroxylation is 2. The maximum absolute atomic E-state index is 4.38. The van der Waals surface area contributed by atoms with E-state index in [0.717, 1.165) is 17.9 Å². The predicted molar refractivity (Wildman–Crippen MR) is 93.1 cm³/mol. The number of nitrogens with zero attached hydrogens (tertiary/aromatic N) is 4. The second kappa shape index (κ2) is 5.23. The molecule has 0 radical (unpaired) electrons. The molecule has 4 heteroatoms. The summed E-state index contributed by atoms with van der Waals surface area (Å²) < 4.78 is 2.06. The highest BCUT2D eigenvalue weighted by molar-refractivity contribution is 5.82. The van der Waals surface area contributed by atoms with Crippen molar-refractivity contribution in [3.05, 3.63) is 59.8 Å². The molecule has 0 saturated heterocycles. The van der Waals surface area contributed by atoms with Crippen LogP contribution in [-0.2, 0) is 0 Å². The van der Waals surface area contributed by atoms with E-state index < -0.39 is 0 Å². The Balaban J connectivity index is 1.93. The van der Waals surface area contributed by atoms with E-state index in [1.807, 2.05) is 6.92 Å². The summed E-state index contributed by atoms with van der Waals surface area (Å²) in [6.45, 7) is 7.22. The van der Waals surface area contributed by atoms with Gasteiger partial charge in [-0.3, -0.25) is 0 Å². The standard InChI is InChI=1S/C19H20N4/c1-13-8-10-16(11-9-13)22-12-14(2)23-19(15(3)20-21-23)17-6-4-5-7-18(17)22/h4-11,14H,12H2,1-3H3/t14-/m1/s1. The van der Waals surface area contributed by atoms with Crippen LogP contribution in [0.15, 0.2) is 48.5 Å². The molecule has 0 amide bonds. The lowest BCUT2D eigenvalue weighted by Crippen LogP contribution is -2.24. The lowest BCUT2D eigenvalue weighted by molar-refractivity contribution is 0.492. The van der Waals surface area contributed by atoms with Crippen molar-refractivity contribution in [1.29, 1.82) is 0 Å². The molecule has 0 spiro atoms. The SMILES string of the molecule is Cc1ccc(N2C[C@@H](C)n3nnc(C)c3-c3ccccc32)cc1. The van der Waals surface area contributed by atoms with Crippen LogP contribution >= 0.6 is 0 Å². The zero-order chi connectivity index (χ0) is 16.0. The average Bonchev–Trinajstić information content (AvgIpc) is 2.89. The first kappa shape index (κ1) is 14.0. The van der Waals surface area contributed by atoms with Gasteiger partial charge in [0.25, 0.3) is 0 Å². The molecule has 0 N–H and O–H groups in total. The van der Waals surface area contributed by atoms with Crippen molar-refractivity contribution in [3.8, 4) is 11.3 Å². The second-order valence-electron chi connectivity index (χ2n) is 6.28. The van der Waals surface area contributed by atoms with Crippen molar-refractivity contribution in [1.82, 2.24) is 15.0 Å². The molecule has 23 heavy (non-hydrogen) atoms. The summed E-state index contributed by atoms with van der Waals surface area (Å²) in [4.78, 5) is 2.38. The van der Waals surface area contributed by atoms with Gasteiger partial charge >= 0.3 is 0 Å². The number of rotatable bonds is 1. The minimum absolute atomic E-state index is 0.250. The number of para-hydroxylation sites is 1. The van der Waals surface area contributed by atoms with Crippen molar-refractivity contribution in [2.45, 2.75) is 26.8 Å². The Morgan fingerprint density at radius 3 is 2.52 bits per heavy atom. The predicted octanol–water partition coefficient (Wildman–Crippen LogP) is 4.27. The summed E-state index contributed by atoms with van der Waals surface area (Å²) in [5.74, 6) is 0. The van der Waals surface area contributed by atoms with Crippen LogP contribution in [0.25, 0.3) is 11.3 Å². The molecule has 2 aromatic carbocycles. The van der Waals surface area contributed by atoms with Gasteiger partial charge in [-0.15, -0.1) is 5.10 Å². The molecule has 0 unspecified atom stereocenters. The first-order chi connectivity index (χ1) is 11.1. The van der Waals surface area contributed by atoms with Crippen molar-refractivity contribution in [3.63, 3.8) is 0 Å². The van der Waals surface area contributed by atoms with E-state index in [2.05, 4.69) is 82.3 Å². The van der Waals surface area contributed by atoms with Crippen LogP contribution in [0.1, 0.15) is 24.2 Å². The lowest BCUT2D eigenvalue weighted by atomic mass is 10.1. The molecule has 1 atom stereocenters. The van der Waals surface area contributed by atoms with Crippen molar-refractivity contribution < 1.29 is 0 Å². The maximum atomic E-state index is 4.38. The summed E-state index contributed by atoms with van der Waals surface area (Å²) in [7, 11) is 0. The number of anilines is 2. The number of hydrogen-bond donors (Lipinski definition) is 0. The van der Waals surface area contributed by atoms with Gasteiger partial charge in [-0.2, -0.15) is 0 Å². The lowest BCUT2D eigenvalue weighted by Gasteiger charge is -2.26. The van der Waals surface area contributed by atoms with Crippen LogP contribution in [-0.4, -0.2) is 21.5 Å². The quantitative estimate of drug-likeness (QED) is 0.673. The molecule has 0 bridgehead atoms. The largest absolute Gasteiger partial charge is 0.339 e. The maximum Gasteiger partial charge on any atom is 0.0939 e. The van der Waals surface area contributed by atoms with E-state index in [1.54, 1.807) is 0 Å². The van der Waals surface area contributed by atoms with Gasteiger partial charge in [0.15, 0.2) is 0 Å². The molecule has 116 valence electrons. The highest BCUT2D eigenvalue weighted by Gasteiger charge is 2.27. The minimum atomic E-state index is 0.250. The fraction of sp³-hybridized carbons (Fsp3) is 0.263. The molecule has 3 aromatic rings. The molecule has 0 fully saturated rings.